The van der Waals surface area contributed by atoms with E-state index in [1.54, 1.807) is 37.3 Å². The summed E-state index contributed by atoms with van der Waals surface area (Å²) in [5, 5.41) is 5.40. The lowest BCUT2D eigenvalue weighted by Gasteiger charge is -2.39. The number of ether oxygens (including phenoxy) is 1. The molecule has 2 aromatic carbocycles. The number of benzene rings is 2. The van der Waals surface area contributed by atoms with Gasteiger partial charge in [-0.2, -0.15) is 0 Å². The molecular weight excluding hydrogens is 370 g/mol. The molecule has 3 amide bonds. The molecule has 0 bridgehead atoms. The van der Waals surface area contributed by atoms with E-state index in [0.717, 1.165) is 5.56 Å². The second-order valence-corrected chi connectivity index (χ2v) is 6.90. The van der Waals surface area contributed by atoms with Gasteiger partial charge in [-0.05, 0) is 17.2 Å². The van der Waals surface area contributed by atoms with E-state index in [9.17, 15) is 14.4 Å². The minimum absolute atomic E-state index is 0.129. The molecule has 0 radical (unpaired) electrons. The first-order valence-corrected chi connectivity index (χ1v) is 9.49. The van der Waals surface area contributed by atoms with Gasteiger partial charge in [-0.3, -0.25) is 14.4 Å². The molecule has 0 fully saturated rings. The fraction of sp³-hybridized carbons (Fsp3) is 0.318. The number of hydrogen-bond acceptors (Lipinski definition) is 4. The average Bonchev–Trinajstić information content (AvgIpc) is 2.75. The Morgan fingerprint density at radius 3 is 2.45 bits per heavy atom. The fourth-order valence-corrected chi connectivity index (χ4v) is 3.66. The Morgan fingerprint density at radius 2 is 1.72 bits per heavy atom. The molecule has 0 spiro atoms. The van der Waals surface area contributed by atoms with Gasteiger partial charge in [-0.25, -0.2) is 0 Å². The van der Waals surface area contributed by atoms with Crippen LogP contribution in [-0.4, -0.2) is 56.5 Å². The summed E-state index contributed by atoms with van der Waals surface area (Å²) < 4.78 is 4.90. The van der Waals surface area contributed by atoms with Crippen LogP contribution in [0.15, 0.2) is 54.6 Å². The van der Waals surface area contributed by atoms with Crippen LogP contribution in [-0.2, 0) is 14.3 Å². The summed E-state index contributed by atoms with van der Waals surface area (Å²) >= 11 is 0. The number of rotatable bonds is 7. The maximum Gasteiger partial charge on any atom is 0.254 e. The maximum atomic E-state index is 13.2. The van der Waals surface area contributed by atoms with Crippen LogP contribution in [0.4, 0.5) is 0 Å². The van der Waals surface area contributed by atoms with E-state index in [-0.39, 0.29) is 24.3 Å². The minimum atomic E-state index is -0.622. The monoisotopic (exact) mass is 395 g/mol. The van der Waals surface area contributed by atoms with E-state index in [2.05, 4.69) is 10.6 Å². The van der Waals surface area contributed by atoms with Crippen LogP contribution in [0, 0.1) is 0 Å². The molecular formula is C22H25N3O4. The third kappa shape index (κ3) is 4.46. The van der Waals surface area contributed by atoms with Gasteiger partial charge in [0, 0.05) is 26.3 Å². The Balaban J connectivity index is 1.87. The van der Waals surface area contributed by atoms with Crippen LogP contribution in [0.5, 0.6) is 0 Å². The zero-order valence-electron chi connectivity index (χ0n) is 16.6. The molecule has 0 saturated heterocycles. The Hall–Kier alpha value is -3.19. The van der Waals surface area contributed by atoms with Gasteiger partial charge in [0.05, 0.1) is 25.1 Å². The number of likely N-dealkylation sites (N-methyl/N-ethyl adjacent to an activating group) is 1. The van der Waals surface area contributed by atoms with E-state index >= 15 is 0 Å². The van der Waals surface area contributed by atoms with Crippen molar-refractivity contribution in [2.45, 2.75) is 12.0 Å². The quantitative estimate of drug-likeness (QED) is 0.695. The molecule has 0 aromatic heterocycles. The molecule has 1 aliphatic heterocycles. The molecule has 0 saturated carbocycles. The molecule has 1 heterocycles. The van der Waals surface area contributed by atoms with E-state index in [4.69, 9.17) is 4.74 Å². The van der Waals surface area contributed by atoms with Crippen LogP contribution in [0.25, 0.3) is 0 Å². The lowest BCUT2D eigenvalue weighted by atomic mass is 9.79. The number of carbonyl (C=O) groups excluding carboxylic acids is 3. The number of nitrogens with one attached hydrogen (secondary N) is 2. The smallest absolute Gasteiger partial charge is 0.254 e. The van der Waals surface area contributed by atoms with Crippen LogP contribution in [0.1, 0.15) is 33.4 Å². The van der Waals surface area contributed by atoms with Crippen LogP contribution in [0.2, 0.25) is 0 Å². The molecule has 0 unspecified atom stereocenters. The largest absolute Gasteiger partial charge is 0.383 e. The van der Waals surface area contributed by atoms with Crippen molar-refractivity contribution >= 4 is 17.7 Å². The third-order valence-electron chi connectivity index (χ3n) is 5.05. The highest BCUT2D eigenvalue weighted by atomic mass is 16.5. The highest BCUT2D eigenvalue weighted by molar-refractivity contribution is 6.01. The van der Waals surface area contributed by atoms with Gasteiger partial charge >= 0.3 is 0 Å². The van der Waals surface area contributed by atoms with Crippen molar-refractivity contribution in [3.05, 3.63) is 71.3 Å². The predicted octanol–water partition coefficient (Wildman–Crippen LogP) is 1.48. The van der Waals surface area contributed by atoms with E-state index in [1.165, 1.54) is 0 Å². The molecule has 152 valence electrons. The molecule has 2 N–H and O–H groups in total. The summed E-state index contributed by atoms with van der Waals surface area (Å²) in [4.78, 5) is 39.6. The van der Waals surface area contributed by atoms with E-state index in [1.807, 2.05) is 36.4 Å². The zero-order valence-corrected chi connectivity index (χ0v) is 16.6. The minimum Gasteiger partial charge on any atom is -0.383 e. The fourth-order valence-electron chi connectivity index (χ4n) is 3.66. The van der Waals surface area contributed by atoms with Crippen molar-refractivity contribution in [3.63, 3.8) is 0 Å². The van der Waals surface area contributed by atoms with Crippen LogP contribution >= 0.6 is 0 Å². The number of carbonyl (C=O) groups is 3. The van der Waals surface area contributed by atoms with Gasteiger partial charge in [-0.1, -0.05) is 48.5 Å². The Morgan fingerprint density at radius 1 is 1.03 bits per heavy atom. The first-order valence-electron chi connectivity index (χ1n) is 9.49. The van der Waals surface area contributed by atoms with Crippen molar-refractivity contribution in [1.29, 1.82) is 0 Å². The first-order chi connectivity index (χ1) is 14.0. The number of hydrogen-bond donors (Lipinski definition) is 2. The van der Waals surface area contributed by atoms with Crippen molar-refractivity contribution in [1.82, 2.24) is 15.5 Å². The molecule has 0 aliphatic carbocycles. The maximum absolute atomic E-state index is 13.2. The number of methoxy groups -OCH3 is 1. The van der Waals surface area contributed by atoms with Crippen molar-refractivity contribution < 1.29 is 19.1 Å². The molecule has 2 atom stereocenters. The first kappa shape index (κ1) is 20.5. The highest BCUT2D eigenvalue weighted by Gasteiger charge is 2.42. The predicted molar refractivity (Wildman–Crippen MR) is 108 cm³/mol. The van der Waals surface area contributed by atoms with E-state index < -0.39 is 12.0 Å². The van der Waals surface area contributed by atoms with Crippen LogP contribution < -0.4 is 10.6 Å². The second-order valence-electron chi connectivity index (χ2n) is 6.90. The second kappa shape index (κ2) is 9.34. The Kier molecular flexibility index (Phi) is 6.61. The molecule has 29 heavy (non-hydrogen) atoms. The lowest BCUT2D eigenvalue weighted by molar-refractivity contribution is -0.128. The molecule has 1 aliphatic rings. The van der Waals surface area contributed by atoms with Crippen molar-refractivity contribution in [3.8, 4) is 0 Å². The average molecular weight is 395 g/mol. The molecule has 7 heteroatoms. The molecule has 7 nitrogen and oxygen atoms in total. The molecule has 3 rings (SSSR count). The Labute approximate surface area is 170 Å². The van der Waals surface area contributed by atoms with E-state index in [0.29, 0.717) is 24.3 Å². The SMILES string of the molecule is COCCNC(=O)CNC(=O)[C@H]1c2ccccc2C(=O)N(C)[C@H]1c1ccccc1. The lowest BCUT2D eigenvalue weighted by Crippen LogP contribution is -2.47. The number of nitrogens with zero attached hydrogens (tertiary/aromatic N) is 1. The summed E-state index contributed by atoms with van der Waals surface area (Å²) in [5.41, 5.74) is 2.04. The number of amides is 3. The summed E-state index contributed by atoms with van der Waals surface area (Å²) in [6.45, 7) is 0.639. The summed E-state index contributed by atoms with van der Waals surface area (Å²) in [6.07, 6.45) is 0. The van der Waals surface area contributed by atoms with Gasteiger partial charge in [0.2, 0.25) is 11.8 Å². The highest BCUT2D eigenvalue weighted by Crippen LogP contribution is 2.41. The normalized spacial score (nSPS) is 18.1. The number of fused-ring (bicyclic) bond motifs is 1. The van der Waals surface area contributed by atoms with Gasteiger partial charge in [-0.15, -0.1) is 0 Å². The molecule has 2 aromatic rings. The van der Waals surface area contributed by atoms with Gasteiger partial charge < -0.3 is 20.3 Å². The zero-order chi connectivity index (χ0) is 20.8. The van der Waals surface area contributed by atoms with Crippen molar-refractivity contribution in [2.24, 2.45) is 0 Å². The topological polar surface area (TPSA) is 87.7 Å². The standard InChI is InChI=1S/C22H25N3O4/c1-25-20(15-8-4-3-5-9-15)19(16-10-6-7-11-17(16)22(25)28)21(27)24-14-18(26)23-12-13-29-2/h3-11,19-20H,12-14H2,1-2H3,(H,23,26)(H,24,27)/t19-,20-/m0/s1. The van der Waals surface area contributed by atoms with Gasteiger partial charge in [0.15, 0.2) is 0 Å². The van der Waals surface area contributed by atoms with Crippen molar-refractivity contribution in [2.75, 3.05) is 33.9 Å². The van der Waals surface area contributed by atoms with Crippen LogP contribution in [0.3, 0.4) is 0 Å². The summed E-state index contributed by atoms with van der Waals surface area (Å²) in [6, 6.07) is 16.1. The third-order valence-corrected chi connectivity index (χ3v) is 5.05. The van der Waals surface area contributed by atoms with Gasteiger partial charge in [0.1, 0.15) is 0 Å². The van der Waals surface area contributed by atoms with Gasteiger partial charge in [0.25, 0.3) is 5.91 Å². The summed E-state index contributed by atoms with van der Waals surface area (Å²) in [5.74, 6) is -1.34. The summed E-state index contributed by atoms with van der Waals surface area (Å²) in [7, 11) is 3.25. The Bertz CT molecular complexity index is 885.